The van der Waals surface area contributed by atoms with Crippen molar-refractivity contribution in [2.24, 2.45) is 0 Å². The van der Waals surface area contributed by atoms with E-state index in [0.717, 1.165) is 22.0 Å². The van der Waals surface area contributed by atoms with Crippen molar-refractivity contribution in [2.75, 3.05) is 0 Å². The summed E-state index contributed by atoms with van der Waals surface area (Å²) in [4.78, 5) is 15.2. The third-order valence-corrected chi connectivity index (χ3v) is 3.39. The maximum atomic E-state index is 12.8. The Hall–Kier alpha value is -2.62. The van der Waals surface area contributed by atoms with Crippen LogP contribution in [0.15, 0.2) is 48.5 Å². The van der Waals surface area contributed by atoms with E-state index < -0.39 is 0 Å². The van der Waals surface area contributed by atoms with Gasteiger partial charge in [-0.05, 0) is 42.3 Å². The number of aryl methyl sites for hydroxylation is 1. The number of aromatic amines is 1. The molecule has 3 aromatic rings. The lowest BCUT2D eigenvalue weighted by atomic mass is 10.2. The number of rotatable bonds is 3. The minimum absolute atomic E-state index is 0.173. The number of halogens is 1. The summed E-state index contributed by atoms with van der Waals surface area (Å²) in [6, 6.07) is 13.9. The summed E-state index contributed by atoms with van der Waals surface area (Å²) >= 11 is 0. The Morgan fingerprint density at radius 3 is 2.67 bits per heavy atom. The molecule has 0 fully saturated rings. The number of carbonyl (C=O) groups excluding carboxylic acids is 1. The van der Waals surface area contributed by atoms with Gasteiger partial charge in [0.05, 0.1) is 0 Å². The van der Waals surface area contributed by atoms with Crippen LogP contribution in [-0.2, 0) is 6.54 Å². The molecule has 0 spiro atoms. The first-order chi connectivity index (χ1) is 10.1. The zero-order chi connectivity index (χ0) is 14.8. The number of H-pyrrole nitrogens is 1. The van der Waals surface area contributed by atoms with E-state index in [-0.39, 0.29) is 11.7 Å². The van der Waals surface area contributed by atoms with Gasteiger partial charge in [0, 0.05) is 17.4 Å². The molecule has 21 heavy (non-hydrogen) atoms. The van der Waals surface area contributed by atoms with Crippen LogP contribution in [0.5, 0.6) is 0 Å². The van der Waals surface area contributed by atoms with Crippen molar-refractivity contribution < 1.29 is 9.18 Å². The molecular formula is C17H15FN2O. The molecule has 2 N–H and O–H groups in total. The van der Waals surface area contributed by atoms with E-state index in [0.29, 0.717) is 12.2 Å². The molecule has 4 heteroatoms. The molecule has 0 aliphatic rings. The summed E-state index contributed by atoms with van der Waals surface area (Å²) in [6.45, 7) is 2.38. The van der Waals surface area contributed by atoms with Gasteiger partial charge in [0.2, 0.25) is 0 Å². The molecule has 0 unspecified atom stereocenters. The second-order valence-electron chi connectivity index (χ2n) is 5.08. The first-order valence-electron chi connectivity index (χ1n) is 6.74. The normalized spacial score (nSPS) is 10.8. The largest absolute Gasteiger partial charge is 0.351 e. The van der Waals surface area contributed by atoms with Gasteiger partial charge in [-0.25, -0.2) is 4.39 Å². The average molecular weight is 282 g/mol. The van der Waals surface area contributed by atoms with E-state index in [9.17, 15) is 9.18 Å². The summed E-state index contributed by atoms with van der Waals surface area (Å²) in [5, 5.41) is 3.82. The van der Waals surface area contributed by atoms with Crippen LogP contribution in [0.2, 0.25) is 0 Å². The Labute approximate surface area is 121 Å². The Morgan fingerprint density at radius 2 is 1.90 bits per heavy atom. The van der Waals surface area contributed by atoms with E-state index in [4.69, 9.17) is 0 Å². The van der Waals surface area contributed by atoms with Gasteiger partial charge in [-0.2, -0.15) is 0 Å². The predicted molar refractivity (Wildman–Crippen MR) is 80.6 cm³/mol. The highest BCUT2D eigenvalue weighted by molar-refractivity contribution is 5.98. The lowest BCUT2D eigenvalue weighted by Gasteiger charge is -2.03. The van der Waals surface area contributed by atoms with Crippen molar-refractivity contribution in [1.29, 1.82) is 0 Å². The van der Waals surface area contributed by atoms with Crippen LogP contribution < -0.4 is 5.32 Å². The molecule has 0 saturated carbocycles. The summed E-state index contributed by atoms with van der Waals surface area (Å²) in [5.74, 6) is -0.454. The van der Waals surface area contributed by atoms with Crippen LogP contribution >= 0.6 is 0 Å². The number of hydrogen-bond donors (Lipinski definition) is 2. The third-order valence-electron chi connectivity index (χ3n) is 3.39. The summed E-state index contributed by atoms with van der Waals surface area (Å²) in [7, 11) is 0. The average Bonchev–Trinajstić information content (AvgIpc) is 2.89. The van der Waals surface area contributed by atoms with Crippen molar-refractivity contribution in [3.05, 3.63) is 71.2 Å². The molecule has 0 atom stereocenters. The first-order valence-corrected chi connectivity index (χ1v) is 6.74. The molecule has 0 aliphatic carbocycles. The Kier molecular flexibility index (Phi) is 3.44. The molecule has 0 radical (unpaired) electrons. The maximum Gasteiger partial charge on any atom is 0.267 e. The number of hydrogen-bond acceptors (Lipinski definition) is 1. The lowest BCUT2D eigenvalue weighted by Crippen LogP contribution is -2.23. The van der Waals surface area contributed by atoms with Gasteiger partial charge in [0.25, 0.3) is 5.91 Å². The van der Waals surface area contributed by atoms with Crippen molar-refractivity contribution in [3.63, 3.8) is 0 Å². The summed E-state index contributed by atoms with van der Waals surface area (Å²) < 4.78 is 12.8. The van der Waals surface area contributed by atoms with Crippen molar-refractivity contribution >= 4 is 16.8 Å². The Bertz CT molecular complexity index is 790. The number of amides is 1. The molecule has 1 aromatic heterocycles. The van der Waals surface area contributed by atoms with Gasteiger partial charge >= 0.3 is 0 Å². The Balaban J connectivity index is 1.73. The van der Waals surface area contributed by atoms with Crippen LogP contribution in [0.25, 0.3) is 10.9 Å². The van der Waals surface area contributed by atoms with Gasteiger partial charge in [0.15, 0.2) is 0 Å². The molecule has 0 aliphatic heterocycles. The van der Waals surface area contributed by atoms with E-state index in [1.54, 1.807) is 12.1 Å². The molecule has 1 amide bonds. The van der Waals surface area contributed by atoms with Crippen molar-refractivity contribution in [1.82, 2.24) is 10.3 Å². The number of carbonyl (C=O) groups is 1. The zero-order valence-electron chi connectivity index (χ0n) is 11.6. The highest BCUT2D eigenvalue weighted by Gasteiger charge is 2.09. The van der Waals surface area contributed by atoms with E-state index in [1.165, 1.54) is 12.1 Å². The van der Waals surface area contributed by atoms with Crippen LogP contribution in [-0.4, -0.2) is 10.9 Å². The molecule has 0 saturated heterocycles. The number of benzene rings is 2. The minimum Gasteiger partial charge on any atom is -0.351 e. The van der Waals surface area contributed by atoms with Crippen LogP contribution in [0, 0.1) is 12.7 Å². The van der Waals surface area contributed by atoms with Crippen LogP contribution in [0.3, 0.4) is 0 Å². The van der Waals surface area contributed by atoms with E-state index >= 15 is 0 Å². The molecule has 1 heterocycles. The fourth-order valence-electron chi connectivity index (χ4n) is 2.24. The van der Waals surface area contributed by atoms with Gasteiger partial charge in [0.1, 0.15) is 11.5 Å². The van der Waals surface area contributed by atoms with Crippen LogP contribution in [0.4, 0.5) is 4.39 Å². The van der Waals surface area contributed by atoms with Gasteiger partial charge in [-0.1, -0.05) is 24.3 Å². The van der Waals surface area contributed by atoms with Gasteiger partial charge in [-0.3, -0.25) is 4.79 Å². The fraction of sp³-hybridized carbons (Fsp3) is 0.118. The zero-order valence-corrected chi connectivity index (χ0v) is 11.6. The first kappa shape index (κ1) is 13.4. The van der Waals surface area contributed by atoms with Crippen LogP contribution in [0.1, 0.15) is 21.6 Å². The SMILES string of the molecule is Cc1ccc2cc(C(=O)NCc3ccc(F)cc3)[nH]c2c1. The second-order valence-corrected chi connectivity index (χ2v) is 5.08. The molecule has 2 aromatic carbocycles. The number of fused-ring (bicyclic) bond motifs is 1. The summed E-state index contributed by atoms with van der Waals surface area (Å²) in [6.07, 6.45) is 0. The molecule has 3 rings (SSSR count). The standard InChI is InChI=1S/C17H15FN2O/c1-11-2-5-13-9-16(20-15(13)8-11)17(21)19-10-12-3-6-14(18)7-4-12/h2-9,20H,10H2,1H3,(H,19,21). The predicted octanol–water partition coefficient (Wildman–Crippen LogP) is 3.55. The topological polar surface area (TPSA) is 44.9 Å². The van der Waals surface area contributed by atoms with E-state index in [1.807, 2.05) is 31.2 Å². The van der Waals surface area contributed by atoms with E-state index in [2.05, 4.69) is 10.3 Å². The van der Waals surface area contributed by atoms with Gasteiger partial charge in [-0.15, -0.1) is 0 Å². The number of nitrogens with one attached hydrogen (secondary N) is 2. The van der Waals surface area contributed by atoms with Gasteiger partial charge < -0.3 is 10.3 Å². The summed E-state index contributed by atoms with van der Waals surface area (Å²) in [5.41, 5.74) is 3.47. The smallest absolute Gasteiger partial charge is 0.267 e. The molecular weight excluding hydrogens is 267 g/mol. The molecule has 106 valence electrons. The second kappa shape index (κ2) is 5.40. The molecule has 3 nitrogen and oxygen atoms in total. The maximum absolute atomic E-state index is 12.8. The third kappa shape index (κ3) is 2.94. The monoisotopic (exact) mass is 282 g/mol. The highest BCUT2D eigenvalue weighted by atomic mass is 19.1. The lowest BCUT2D eigenvalue weighted by molar-refractivity contribution is 0.0947. The van der Waals surface area contributed by atoms with Crippen molar-refractivity contribution in [3.8, 4) is 0 Å². The highest BCUT2D eigenvalue weighted by Crippen LogP contribution is 2.16. The number of aromatic nitrogens is 1. The minimum atomic E-state index is -0.281. The molecule has 0 bridgehead atoms. The van der Waals surface area contributed by atoms with Crippen molar-refractivity contribution in [2.45, 2.75) is 13.5 Å². The Morgan fingerprint density at radius 1 is 1.14 bits per heavy atom. The fourth-order valence-corrected chi connectivity index (χ4v) is 2.24. The quantitative estimate of drug-likeness (QED) is 0.758.